The van der Waals surface area contributed by atoms with E-state index < -0.39 is 6.10 Å². The highest BCUT2D eigenvalue weighted by Crippen LogP contribution is 2.31. The second-order valence-electron chi connectivity index (χ2n) is 8.13. The maximum Gasteiger partial charge on any atom is 0.246 e. The number of anilines is 3. The largest absolute Gasteiger partial charge is 0.372 e. The van der Waals surface area contributed by atoms with Crippen LogP contribution in [-0.4, -0.2) is 35.1 Å². The van der Waals surface area contributed by atoms with Gasteiger partial charge in [0.15, 0.2) is 0 Å². The van der Waals surface area contributed by atoms with E-state index in [1.165, 1.54) is 0 Å². The summed E-state index contributed by atoms with van der Waals surface area (Å²) in [5.41, 5.74) is 7.30. The van der Waals surface area contributed by atoms with Crippen molar-refractivity contribution in [2.24, 2.45) is 11.7 Å². The van der Waals surface area contributed by atoms with E-state index in [0.717, 1.165) is 48.1 Å². The van der Waals surface area contributed by atoms with E-state index >= 15 is 0 Å². The molecule has 1 aromatic heterocycles. The first-order chi connectivity index (χ1) is 15.1. The number of para-hydroxylation sites is 2. The van der Waals surface area contributed by atoms with E-state index in [4.69, 9.17) is 20.4 Å². The molecule has 1 aliphatic carbocycles. The molecule has 0 saturated heterocycles. The molecule has 31 heavy (non-hydrogen) atoms. The number of methoxy groups -OCH3 is 1. The number of carbonyl (C=O) groups excluding carboxylic acids is 1. The van der Waals surface area contributed by atoms with Gasteiger partial charge in [0.1, 0.15) is 11.9 Å². The Morgan fingerprint density at radius 1 is 1.06 bits per heavy atom. The number of amides is 1. The average molecular weight is 420 g/mol. The van der Waals surface area contributed by atoms with Crippen LogP contribution in [0.25, 0.3) is 10.9 Å². The minimum absolute atomic E-state index is 0.302. The zero-order chi connectivity index (χ0) is 21.6. The lowest BCUT2D eigenvalue weighted by atomic mass is 9.82. The summed E-state index contributed by atoms with van der Waals surface area (Å²) in [5.74, 6) is 1.49. The smallest absolute Gasteiger partial charge is 0.246 e. The quantitative estimate of drug-likeness (QED) is 0.505. The first-order valence-electron chi connectivity index (χ1n) is 10.8. The Morgan fingerprint density at radius 2 is 1.77 bits per heavy atom. The molecule has 2 aromatic carbocycles. The number of nitrogens with zero attached hydrogens (tertiary/aromatic N) is 2. The number of hydrogen-bond acceptors (Lipinski definition) is 6. The van der Waals surface area contributed by atoms with E-state index in [1.807, 2.05) is 54.6 Å². The molecule has 1 aliphatic rings. The highest BCUT2D eigenvalue weighted by atomic mass is 16.5. The second kappa shape index (κ2) is 9.75. The molecule has 1 atom stereocenters. The van der Waals surface area contributed by atoms with Crippen LogP contribution in [0.4, 0.5) is 17.5 Å². The number of primary amides is 1. The number of carbonyl (C=O) groups is 1. The Balaban J connectivity index is 1.45. The van der Waals surface area contributed by atoms with Crippen LogP contribution in [0.5, 0.6) is 0 Å². The molecule has 4 N–H and O–H groups in total. The molecule has 0 aliphatic heterocycles. The third-order valence-electron chi connectivity index (χ3n) is 5.97. The SMILES string of the molecule is COC(CC1CCC(Nc2nc(Nc3ccccc3)c3ccccc3n2)CC1)C(N)=O. The molecule has 1 saturated carbocycles. The lowest BCUT2D eigenvalue weighted by molar-refractivity contribution is -0.128. The predicted octanol–water partition coefficient (Wildman–Crippen LogP) is 4.23. The van der Waals surface area contributed by atoms with Crippen LogP contribution in [-0.2, 0) is 9.53 Å². The molecule has 7 heteroatoms. The lowest BCUT2D eigenvalue weighted by Crippen LogP contribution is -2.34. The monoisotopic (exact) mass is 419 g/mol. The van der Waals surface area contributed by atoms with E-state index in [-0.39, 0.29) is 5.91 Å². The Hall–Kier alpha value is -3.19. The molecule has 1 fully saturated rings. The van der Waals surface area contributed by atoms with Crippen molar-refractivity contribution in [1.29, 1.82) is 0 Å². The van der Waals surface area contributed by atoms with Gasteiger partial charge >= 0.3 is 0 Å². The number of nitrogens with one attached hydrogen (secondary N) is 2. The molecule has 3 aromatic rings. The maximum absolute atomic E-state index is 11.4. The minimum atomic E-state index is -0.495. The first kappa shape index (κ1) is 21.1. The highest BCUT2D eigenvalue weighted by molar-refractivity contribution is 5.91. The third kappa shape index (κ3) is 5.30. The molecule has 0 bridgehead atoms. The standard InChI is InChI=1S/C24H29N5O2/c1-31-21(22(25)30)15-16-11-13-18(14-12-16)27-24-28-20-10-6-5-9-19(20)23(29-24)26-17-7-3-2-4-8-17/h2-10,16,18,21H,11-15H2,1H3,(H2,25,30)(H2,26,27,28,29). The van der Waals surface area contributed by atoms with Gasteiger partial charge in [-0.05, 0) is 62.3 Å². The van der Waals surface area contributed by atoms with Crippen LogP contribution in [0.2, 0.25) is 0 Å². The Bertz CT molecular complexity index is 1020. The van der Waals surface area contributed by atoms with Gasteiger partial charge in [-0.2, -0.15) is 4.98 Å². The Morgan fingerprint density at radius 3 is 2.48 bits per heavy atom. The van der Waals surface area contributed by atoms with E-state index in [0.29, 0.717) is 24.3 Å². The zero-order valence-corrected chi connectivity index (χ0v) is 17.8. The Kier molecular flexibility index (Phi) is 6.62. The molecule has 7 nitrogen and oxygen atoms in total. The zero-order valence-electron chi connectivity index (χ0n) is 17.8. The summed E-state index contributed by atoms with van der Waals surface area (Å²) in [5, 5.41) is 7.93. The van der Waals surface area contributed by atoms with Crippen LogP contribution in [0, 0.1) is 5.92 Å². The van der Waals surface area contributed by atoms with Crippen molar-refractivity contribution in [2.45, 2.75) is 44.2 Å². The molecule has 0 radical (unpaired) electrons. The van der Waals surface area contributed by atoms with Crippen molar-refractivity contribution in [1.82, 2.24) is 9.97 Å². The molecule has 1 amide bonds. The van der Waals surface area contributed by atoms with Gasteiger partial charge in [0.25, 0.3) is 0 Å². The number of benzene rings is 2. The van der Waals surface area contributed by atoms with Gasteiger partial charge in [-0.1, -0.05) is 30.3 Å². The van der Waals surface area contributed by atoms with Gasteiger partial charge in [-0.3, -0.25) is 4.79 Å². The summed E-state index contributed by atoms with van der Waals surface area (Å²) in [6.45, 7) is 0. The van der Waals surface area contributed by atoms with Crippen LogP contribution in [0.1, 0.15) is 32.1 Å². The van der Waals surface area contributed by atoms with Gasteiger partial charge in [0, 0.05) is 24.2 Å². The summed E-state index contributed by atoms with van der Waals surface area (Å²) in [7, 11) is 1.54. The van der Waals surface area contributed by atoms with Crippen molar-refractivity contribution in [3.63, 3.8) is 0 Å². The van der Waals surface area contributed by atoms with E-state index in [1.54, 1.807) is 7.11 Å². The average Bonchev–Trinajstić information content (AvgIpc) is 2.79. The van der Waals surface area contributed by atoms with Crippen LogP contribution in [0.3, 0.4) is 0 Å². The van der Waals surface area contributed by atoms with E-state index in [9.17, 15) is 4.79 Å². The summed E-state index contributed by atoms with van der Waals surface area (Å²) in [6.07, 6.45) is 4.23. The van der Waals surface area contributed by atoms with Gasteiger partial charge in [0.05, 0.1) is 5.52 Å². The number of ether oxygens (including phenoxy) is 1. The van der Waals surface area contributed by atoms with Crippen molar-refractivity contribution in [2.75, 3.05) is 17.7 Å². The van der Waals surface area contributed by atoms with E-state index in [2.05, 4.69) is 10.6 Å². The highest BCUT2D eigenvalue weighted by Gasteiger charge is 2.26. The summed E-state index contributed by atoms with van der Waals surface area (Å²) in [4.78, 5) is 21.0. The van der Waals surface area contributed by atoms with Gasteiger partial charge in [-0.25, -0.2) is 4.98 Å². The summed E-state index contributed by atoms with van der Waals surface area (Å²) in [6, 6.07) is 18.3. The fraction of sp³-hybridized carbons (Fsp3) is 0.375. The second-order valence-corrected chi connectivity index (χ2v) is 8.13. The van der Waals surface area contributed by atoms with Gasteiger partial charge < -0.3 is 21.1 Å². The fourth-order valence-corrected chi connectivity index (χ4v) is 4.25. The normalized spacial score (nSPS) is 19.6. The number of aromatic nitrogens is 2. The minimum Gasteiger partial charge on any atom is -0.372 e. The molecular weight excluding hydrogens is 390 g/mol. The van der Waals surface area contributed by atoms with Gasteiger partial charge in [-0.15, -0.1) is 0 Å². The maximum atomic E-state index is 11.4. The van der Waals surface area contributed by atoms with Crippen molar-refractivity contribution < 1.29 is 9.53 Å². The number of nitrogens with two attached hydrogens (primary N) is 1. The van der Waals surface area contributed by atoms with Crippen molar-refractivity contribution in [3.05, 3.63) is 54.6 Å². The van der Waals surface area contributed by atoms with Crippen LogP contribution in [0.15, 0.2) is 54.6 Å². The summed E-state index contributed by atoms with van der Waals surface area (Å²) < 4.78 is 5.22. The molecule has 0 spiro atoms. The van der Waals surface area contributed by atoms with Gasteiger partial charge in [0.2, 0.25) is 11.9 Å². The third-order valence-corrected chi connectivity index (χ3v) is 5.97. The Labute approximate surface area is 182 Å². The number of hydrogen-bond donors (Lipinski definition) is 3. The molecule has 1 heterocycles. The van der Waals surface area contributed by atoms with Crippen LogP contribution < -0.4 is 16.4 Å². The lowest BCUT2D eigenvalue weighted by Gasteiger charge is -2.30. The number of rotatable bonds is 8. The molecule has 4 rings (SSSR count). The van der Waals surface area contributed by atoms with Crippen molar-refractivity contribution >= 4 is 34.3 Å². The summed E-state index contributed by atoms with van der Waals surface area (Å²) >= 11 is 0. The molecule has 1 unspecified atom stereocenters. The molecular formula is C24H29N5O2. The van der Waals surface area contributed by atoms with Crippen molar-refractivity contribution in [3.8, 4) is 0 Å². The number of fused-ring (bicyclic) bond motifs is 1. The predicted molar refractivity (Wildman–Crippen MR) is 123 cm³/mol. The van der Waals surface area contributed by atoms with Crippen LogP contribution >= 0.6 is 0 Å². The first-order valence-corrected chi connectivity index (χ1v) is 10.8. The fourth-order valence-electron chi connectivity index (χ4n) is 4.25. The topological polar surface area (TPSA) is 102 Å². The molecule has 162 valence electrons.